The molecule has 0 bridgehead atoms. The summed E-state index contributed by atoms with van der Waals surface area (Å²) in [5.74, 6) is -1.70. The fourth-order valence-electron chi connectivity index (χ4n) is 12.8. The van der Waals surface area contributed by atoms with E-state index in [0.29, 0.717) is 80.7 Å². The summed E-state index contributed by atoms with van der Waals surface area (Å²) in [5.41, 5.74) is 1.37. The molecule has 1 aliphatic carbocycles. The van der Waals surface area contributed by atoms with E-state index in [1.165, 1.54) is 23.3 Å². The molecule has 5 aromatic rings. The first-order valence-electron chi connectivity index (χ1n) is 29.5. The van der Waals surface area contributed by atoms with Crippen LogP contribution in [0.3, 0.4) is 0 Å². The van der Waals surface area contributed by atoms with Crippen LogP contribution in [0.15, 0.2) is 131 Å². The Balaban J connectivity index is 0.687. The lowest BCUT2D eigenvalue weighted by Gasteiger charge is -2.53. The molecule has 1 spiro atoms. The normalized spacial score (nSPS) is 19.8. The van der Waals surface area contributed by atoms with Crippen LogP contribution < -0.4 is 20.9 Å². The number of nitrogens with zero attached hydrogens (tertiary/aromatic N) is 5. The Bertz CT molecular complexity index is 3480. The highest BCUT2D eigenvalue weighted by Crippen LogP contribution is 2.49. The number of carbonyl (C=O) groups excluding carboxylic acids is 5. The standard InChI is InChI=1S/C64H70ClF3N8O8S2/c65-47-16-14-45(15-17-47)51-23-25-63(41-75(42-63)58(78)10-5-26-69-54-9-4-8-52-59(54)62(81)76(61(52)80)55-21-22-57(77)71-60(55)79)38-46(51)39-73-28-30-74(31-29-73)49-18-11-43(12-19-49)36-44-13-20-53(56(37-44)86(82,83)64(66,67)68)70-48(24-27-72-32-34-84-35-33-72)40-85-50-6-2-1-3-7-50/h1-4,6-9,11-20,37,48,55,69-70H,5,10,21-36,38-42H2,(H,71,77,79). The Morgan fingerprint density at radius 2 is 1.55 bits per heavy atom. The number of allylic oxidation sites excluding steroid dienone is 1. The number of rotatable bonds is 21. The summed E-state index contributed by atoms with van der Waals surface area (Å²) in [6.07, 6.45) is 4.42. The molecule has 5 heterocycles. The number of hydrogen-bond acceptors (Lipinski definition) is 14. The molecule has 2 atom stereocenters. The summed E-state index contributed by atoms with van der Waals surface area (Å²) >= 11 is 7.91. The highest BCUT2D eigenvalue weighted by atomic mass is 35.5. The summed E-state index contributed by atoms with van der Waals surface area (Å²) in [7, 11) is -5.71. The van der Waals surface area contributed by atoms with Crippen LogP contribution in [-0.2, 0) is 35.4 Å². The number of halogens is 4. The number of alkyl halides is 3. The smallest absolute Gasteiger partial charge is 0.384 e. The first-order chi connectivity index (χ1) is 41.4. The van der Waals surface area contributed by atoms with Crippen LogP contribution >= 0.6 is 23.4 Å². The molecule has 0 aromatic heterocycles. The number of fused-ring (bicyclic) bond motifs is 1. The van der Waals surface area contributed by atoms with Crippen molar-refractivity contribution in [2.45, 2.75) is 85.2 Å². The van der Waals surface area contributed by atoms with Gasteiger partial charge in [0, 0.05) is 123 Å². The van der Waals surface area contributed by atoms with E-state index in [-0.39, 0.29) is 53.4 Å². The number of imide groups is 2. The number of benzene rings is 5. The highest BCUT2D eigenvalue weighted by molar-refractivity contribution is 7.99. The number of piperazine rings is 1. The topological polar surface area (TPSA) is 181 Å². The molecular formula is C64H70ClF3N8O8S2. The van der Waals surface area contributed by atoms with Gasteiger partial charge in [0.15, 0.2) is 0 Å². The van der Waals surface area contributed by atoms with Gasteiger partial charge in [0.2, 0.25) is 17.7 Å². The van der Waals surface area contributed by atoms with Crippen molar-refractivity contribution in [1.29, 1.82) is 0 Å². The lowest BCUT2D eigenvalue weighted by Crippen LogP contribution is -2.59. The number of carbonyl (C=O) groups is 5. The van der Waals surface area contributed by atoms with Gasteiger partial charge in [-0.15, -0.1) is 11.8 Å². The summed E-state index contributed by atoms with van der Waals surface area (Å²) in [6, 6.07) is 33.6. The second-order valence-electron chi connectivity index (χ2n) is 23.3. The van der Waals surface area contributed by atoms with Crippen molar-refractivity contribution in [2.75, 3.05) is 106 Å². The number of hydrogen-bond donors (Lipinski definition) is 3. The first kappa shape index (κ1) is 60.9. The van der Waals surface area contributed by atoms with E-state index in [1.54, 1.807) is 36.0 Å². The second-order valence-corrected chi connectivity index (χ2v) is 26.8. The number of amides is 5. The second kappa shape index (κ2) is 26.3. The molecule has 3 N–H and O–H groups in total. The number of sulfone groups is 1. The Kier molecular flexibility index (Phi) is 18.6. The zero-order chi connectivity index (χ0) is 60.2. The van der Waals surface area contributed by atoms with E-state index < -0.39 is 49.9 Å². The molecule has 5 aliphatic heterocycles. The summed E-state index contributed by atoms with van der Waals surface area (Å²) in [4.78, 5) is 75.0. The summed E-state index contributed by atoms with van der Waals surface area (Å²) < 4.78 is 75.2. The van der Waals surface area contributed by atoms with Gasteiger partial charge in [-0.25, -0.2) is 8.42 Å². The Morgan fingerprint density at radius 3 is 2.27 bits per heavy atom. The van der Waals surface area contributed by atoms with Gasteiger partial charge in [-0.05, 0) is 128 Å². The van der Waals surface area contributed by atoms with E-state index in [4.69, 9.17) is 16.3 Å². The minimum absolute atomic E-state index is 0.0317. The van der Waals surface area contributed by atoms with Crippen LogP contribution in [0.2, 0.25) is 5.02 Å². The molecule has 454 valence electrons. The molecule has 22 heteroatoms. The van der Waals surface area contributed by atoms with Gasteiger partial charge in [0.1, 0.15) is 6.04 Å². The molecule has 5 aromatic carbocycles. The monoisotopic (exact) mass is 1230 g/mol. The molecule has 6 aliphatic rings. The molecule has 4 fully saturated rings. The van der Waals surface area contributed by atoms with E-state index >= 15 is 0 Å². The molecule has 0 saturated carbocycles. The van der Waals surface area contributed by atoms with Gasteiger partial charge in [0.05, 0.1) is 34.9 Å². The van der Waals surface area contributed by atoms with Gasteiger partial charge >= 0.3 is 5.51 Å². The maximum absolute atomic E-state index is 14.4. The fourth-order valence-corrected chi connectivity index (χ4v) is 14.9. The Labute approximate surface area is 508 Å². The quantitative estimate of drug-likeness (QED) is 0.0359. The lowest BCUT2D eigenvalue weighted by molar-refractivity contribution is -0.144. The maximum Gasteiger partial charge on any atom is 0.501 e. The fraction of sp³-hybridized carbons (Fsp3) is 0.422. The van der Waals surface area contributed by atoms with Crippen LogP contribution in [0.1, 0.15) is 88.8 Å². The minimum atomic E-state index is -5.71. The van der Waals surface area contributed by atoms with Gasteiger partial charge in [-0.1, -0.05) is 71.8 Å². The summed E-state index contributed by atoms with van der Waals surface area (Å²) in [5, 5.41) is 9.38. The molecular weight excluding hydrogens is 1170 g/mol. The van der Waals surface area contributed by atoms with Crippen molar-refractivity contribution < 1.29 is 50.3 Å². The minimum Gasteiger partial charge on any atom is -0.384 e. The lowest BCUT2D eigenvalue weighted by atomic mass is 9.65. The number of piperidine rings is 1. The van der Waals surface area contributed by atoms with Gasteiger partial charge in [-0.3, -0.25) is 44.0 Å². The number of ether oxygens (including phenoxy) is 1. The molecule has 86 heavy (non-hydrogen) atoms. The van der Waals surface area contributed by atoms with Crippen molar-refractivity contribution >= 4 is 85.4 Å². The van der Waals surface area contributed by atoms with E-state index in [9.17, 15) is 45.6 Å². The van der Waals surface area contributed by atoms with E-state index in [1.807, 2.05) is 71.6 Å². The zero-order valence-electron chi connectivity index (χ0n) is 47.7. The van der Waals surface area contributed by atoms with Crippen molar-refractivity contribution in [1.82, 2.24) is 24.9 Å². The van der Waals surface area contributed by atoms with Crippen molar-refractivity contribution in [3.05, 3.63) is 154 Å². The number of nitrogens with one attached hydrogen (secondary N) is 3. The van der Waals surface area contributed by atoms with Crippen molar-refractivity contribution in [3.8, 4) is 0 Å². The predicted molar refractivity (Wildman–Crippen MR) is 326 cm³/mol. The molecule has 2 unspecified atom stereocenters. The molecule has 16 nitrogen and oxygen atoms in total. The van der Waals surface area contributed by atoms with Crippen LogP contribution in [0.25, 0.3) is 5.57 Å². The largest absolute Gasteiger partial charge is 0.501 e. The van der Waals surface area contributed by atoms with Gasteiger partial charge in [0.25, 0.3) is 21.7 Å². The summed E-state index contributed by atoms with van der Waals surface area (Å²) in [6.45, 7) is 9.09. The SMILES string of the molecule is O=C1CCC(N2C(=O)c3cccc(NCCCC(=O)N4CC5(CCC(c6ccc(Cl)cc6)=C(CN6CCN(c7ccc(Cc8ccc(NC(CCN9CCOCC9)CSc9ccccc9)c(S(=O)(=O)C(F)(F)F)c8)cc7)CC6)C5)C4)c3C2=O)C(=O)N1. The van der Waals surface area contributed by atoms with Crippen LogP contribution in [0.4, 0.5) is 30.2 Å². The molecule has 5 amide bonds. The van der Waals surface area contributed by atoms with Crippen molar-refractivity contribution in [3.63, 3.8) is 0 Å². The third-order valence-corrected chi connectivity index (χ3v) is 20.4. The third kappa shape index (κ3) is 13.8. The number of likely N-dealkylation sites (tertiary alicyclic amines) is 1. The predicted octanol–water partition coefficient (Wildman–Crippen LogP) is 9.40. The third-order valence-electron chi connectivity index (χ3n) is 17.5. The van der Waals surface area contributed by atoms with Gasteiger partial charge in [-0.2, -0.15) is 13.2 Å². The molecule has 4 saturated heterocycles. The van der Waals surface area contributed by atoms with Gasteiger partial charge < -0.3 is 25.2 Å². The number of anilines is 3. The van der Waals surface area contributed by atoms with Crippen LogP contribution in [0, 0.1) is 5.41 Å². The molecule has 11 rings (SSSR count). The van der Waals surface area contributed by atoms with E-state index in [2.05, 4.69) is 42.8 Å². The Morgan fingerprint density at radius 1 is 0.814 bits per heavy atom. The van der Waals surface area contributed by atoms with Crippen molar-refractivity contribution in [2.24, 2.45) is 5.41 Å². The van der Waals surface area contributed by atoms with Crippen LogP contribution in [-0.4, -0.2) is 166 Å². The Hall–Kier alpha value is -6.75. The maximum atomic E-state index is 14.4. The average Bonchev–Trinajstić information content (AvgIpc) is 1.39. The first-order valence-corrected chi connectivity index (χ1v) is 32.3. The zero-order valence-corrected chi connectivity index (χ0v) is 50.1. The average molecular weight is 1240 g/mol. The number of thioether (sulfide) groups is 1. The number of morpholine rings is 1. The highest BCUT2D eigenvalue weighted by Gasteiger charge is 2.50. The van der Waals surface area contributed by atoms with Crippen LogP contribution in [0.5, 0.6) is 0 Å². The molecule has 0 radical (unpaired) electrons. The van der Waals surface area contributed by atoms with E-state index in [0.717, 1.165) is 91.7 Å².